The van der Waals surface area contributed by atoms with Gasteiger partial charge in [0.15, 0.2) is 0 Å². The zero-order valence-electron chi connectivity index (χ0n) is 9.48. The number of rotatable bonds is 7. The number of non-ortho nitro benzene ring substituents is 1. The minimum absolute atomic E-state index is 0.0326. The van der Waals surface area contributed by atoms with Gasteiger partial charge in [0.2, 0.25) is 0 Å². The second-order valence-corrected chi connectivity index (χ2v) is 4.81. The van der Waals surface area contributed by atoms with Gasteiger partial charge in [-0.05, 0) is 18.6 Å². The van der Waals surface area contributed by atoms with Crippen LogP contribution in [0.4, 0.5) is 5.69 Å². The smallest absolute Gasteiger partial charge is 0.305 e. The number of carbonyl (C=O) groups is 1. The molecule has 0 amide bonds. The van der Waals surface area contributed by atoms with Crippen LogP contribution in [0.2, 0.25) is 0 Å². The van der Waals surface area contributed by atoms with Crippen LogP contribution in [0.15, 0.2) is 29.2 Å². The topological polar surface area (TPSA) is 101 Å². The van der Waals surface area contributed by atoms with Gasteiger partial charge in [-0.1, -0.05) is 0 Å². The summed E-state index contributed by atoms with van der Waals surface area (Å²) in [4.78, 5) is 21.1. The molecule has 1 rings (SSSR count). The molecule has 98 valence electrons. The number of nitro benzene ring substituents is 1. The molecule has 0 aliphatic carbocycles. The maximum absolute atomic E-state index is 10.4. The number of benzene rings is 1. The molecule has 18 heavy (non-hydrogen) atoms. The molecule has 0 bridgehead atoms. The highest BCUT2D eigenvalue weighted by Gasteiger charge is 2.09. The molecule has 0 spiro atoms. The highest BCUT2D eigenvalue weighted by molar-refractivity contribution is 7.99. The number of hydrogen-bond donors (Lipinski definition) is 2. The molecule has 2 N–H and O–H groups in total. The summed E-state index contributed by atoms with van der Waals surface area (Å²) in [5.74, 6) is -0.463. The van der Waals surface area contributed by atoms with Crippen LogP contribution in [0, 0.1) is 10.1 Å². The summed E-state index contributed by atoms with van der Waals surface area (Å²) in [6, 6.07) is 6.09. The number of carboxylic acid groups (broad SMARTS) is 1. The molecule has 1 unspecified atom stereocenters. The quantitative estimate of drug-likeness (QED) is 0.446. The molecule has 0 heterocycles. The van der Waals surface area contributed by atoms with Crippen LogP contribution in [0.5, 0.6) is 0 Å². The van der Waals surface area contributed by atoms with Crippen molar-refractivity contribution in [3.05, 3.63) is 34.4 Å². The zero-order chi connectivity index (χ0) is 13.5. The highest BCUT2D eigenvalue weighted by Crippen LogP contribution is 2.22. The van der Waals surface area contributed by atoms with Crippen LogP contribution < -0.4 is 0 Å². The average Bonchev–Trinajstić information content (AvgIpc) is 2.28. The van der Waals surface area contributed by atoms with E-state index in [-0.39, 0.29) is 12.1 Å². The lowest BCUT2D eigenvalue weighted by Crippen LogP contribution is -2.13. The van der Waals surface area contributed by atoms with Gasteiger partial charge in [-0.3, -0.25) is 14.9 Å². The Kier molecular flexibility index (Phi) is 5.60. The van der Waals surface area contributed by atoms with Gasteiger partial charge in [-0.15, -0.1) is 11.8 Å². The van der Waals surface area contributed by atoms with Crippen molar-refractivity contribution in [1.82, 2.24) is 0 Å². The Balaban J connectivity index is 2.35. The fourth-order valence-corrected chi connectivity index (χ4v) is 2.23. The predicted octanol–water partition coefficient (Wildman–Crippen LogP) is 1.91. The van der Waals surface area contributed by atoms with E-state index in [1.807, 2.05) is 0 Å². The van der Waals surface area contributed by atoms with Crippen LogP contribution in [0.3, 0.4) is 0 Å². The summed E-state index contributed by atoms with van der Waals surface area (Å²) >= 11 is 1.42. The number of aliphatic carboxylic acids is 1. The third kappa shape index (κ3) is 5.15. The van der Waals surface area contributed by atoms with Gasteiger partial charge in [0.05, 0.1) is 17.4 Å². The third-order valence-electron chi connectivity index (χ3n) is 2.18. The standard InChI is InChI=1S/C11H13NO5S/c13-9(7-11(14)15)5-6-18-10-3-1-8(2-4-10)12(16)17/h1-4,9,13H,5-7H2,(H,14,15). The first-order valence-electron chi connectivity index (χ1n) is 5.26. The van der Waals surface area contributed by atoms with Crippen molar-refractivity contribution in [3.8, 4) is 0 Å². The summed E-state index contributed by atoms with van der Waals surface area (Å²) in [6.45, 7) is 0. The van der Waals surface area contributed by atoms with Gasteiger partial charge in [0.25, 0.3) is 5.69 Å². The van der Waals surface area contributed by atoms with Crippen molar-refractivity contribution in [1.29, 1.82) is 0 Å². The monoisotopic (exact) mass is 271 g/mol. The summed E-state index contributed by atoms with van der Waals surface area (Å²) < 4.78 is 0. The first-order valence-corrected chi connectivity index (χ1v) is 6.24. The van der Waals surface area contributed by atoms with E-state index in [2.05, 4.69) is 0 Å². The van der Waals surface area contributed by atoms with E-state index in [1.165, 1.54) is 23.9 Å². The molecular weight excluding hydrogens is 258 g/mol. The summed E-state index contributed by atoms with van der Waals surface area (Å²) in [5.41, 5.74) is 0.0326. The van der Waals surface area contributed by atoms with E-state index in [0.717, 1.165) is 4.90 Å². The summed E-state index contributed by atoms with van der Waals surface area (Å²) in [7, 11) is 0. The van der Waals surface area contributed by atoms with E-state index in [1.54, 1.807) is 12.1 Å². The second-order valence-electron chi connectivity index (χ2n) is 3.64. The highest BCUT2D eigenvalue weighted by atomic mass is 32.2. The van der Waals surface area contributed by atoms with E-state index in [9.17, 15) is 20.0 Å². The van der Waals surface area contributed by atoms with Crippen molar-refractivity contribution in [2.75, 3.05) is 5.75 Å². The maximum Gasteiger partial charge on any atom is 0.305 e. The van der Waals surface area contributed by atoms with E-state index >= 15 is 0 Å². The number of nitro groups is 1. The Bertz CT molecular complexity index is 420. The molecule has 0 aromatic heterocycles. The van der Waals surface area contributed by atoms with Crippen molar-refractivity contribution in [2.45, 2.75) is 23.8 Å². The van der Waals surface area contributed by atoms with Crippen molar-refractivity contribution in [3.63, 3.8) is 0 Å². The van der Waals surface area contributed by atoms with Gasteiger partial charge in [-0.25, -0.2) is 0 Å². The maximum atomic E-state index is 10.4. The van der Waals surface area contributed by atoms with Gasteiger partial charge in [0.1, 0.15) is 0 Å². The Morgan fingerprint density at radius 3 is 2.50 bits per heavy atom. The Morgan fingerprint density at radius 1 is 1.39 bits per heavy atom. The molecule has 1 atom stereocenters. The first kappa shape index (κ1) is 14.5. The van der Waals surface area contributed by atoms with Gasteiger partial charge in [0, 0.05) is 22.8 Å². The fourth-order valence-electron chi connectivity index (χ4n) is 1.28. The van der Waals surface area contributed by atoms with Crippen LogP contribution >= 0.6 is 11.8 Å². The fraction of sp³-hybridized carbons (Fsp3) is 0.364. The third-order valence-corrected chi connectivity index (χ3v) is 3.22. The van der Waals surface area contributed by atoms with Crippen LogP contribution in [0.1, 0.15) is 12.8 Å². The van der Waals surface area contributed by atoms with Gasteiger partial charge < -0.3 is 10.2 Å². The SMILES string of the molecule is O=C(O)CC(O)CCSc1ccc([N+](=O)[O-])cc1. The molecule has 1 aromatic rings. The number of nitrogens with zero attached hydrogens (tertiary/aromatic N) is 1. The average molecular weight is 271 g/mol. The lowest BCUT2D eigenvalue weighted by Gasteiger charge is -2.07. The molecule has 6 nitrogen and oxygen atoms in total. The lowest BCUT2D eigenvalue weighted by atomic mass is 10.2. The second kappa shape index (κ2) is 6.97. The number of hydrogen-bond acceptors (Lipinski definition) is 5. The van der Waals surface area contributed by atoms with Gasteiger partial charge >= 0.3 is 5.97 Å². The van der Waals surface area contributed by atoms with Crippen molar-refractivity contribution in [2.24, 2.45) is 0 Å². The van der Waals surface area contributed by atoms with E-state index in [0.29, 0.717) is 12.2 Å². The number of carboxylic acids is 1. The predicted molar refractivity (Wildman–Crippen MR) is 66.7 cm³/mol. The number of aliphatic hydroxyl groups excluding tert-OH is 1. The van der Waals surface area contributed by atoms with E-state index in [4.69, 9.17) is 5.11 Å². The van der Waals surface area contributed by atoms with Gasteiger partial charge in [-0.2, -0.15) is 0 Å². The summed E-state index contributed by atoms with van der Waals surface area (Å²) in [6.07, 6.45) is -0.748. The van der Waals surface area contributed by atoms with Crippen LogP contribution in [0.25, 0.3) is 0 Å². The normalized spacial score (nSPS) is 12.1. The van der Waals surface area contributed by atoms with Crippen molar-refractivity contribution < 1.29 is 19.9 Å². The van der Waals surface area contributed by atoms with Crippen molar-refractivity contribution >= 4 is 23.4 Å². The Morgan fingerprint density at radius 2 is 2.00 bits per heavy atom. The lowest BCUT2D eigenvalue weighted by molar-refractivity contribution is -0.384. The van der Waals surface area contributed by atoms with Crippen LogP contribution in [-0.4, -0.2) is 33.0 Å². The van der Waals surface area contributed by atoms with Crippen LogP contribution in [-0.2, 0) is 4.79 Å². The zero-order valence-corrected chi connectivity index (χ0v) is 10.3. The molecule has 0 aliphatic heterocycles. The largest absolute Gasteiger partial charge is 0.481 e. The molecule has 1 aromatic carbocycles. The minimum atomic E-state index is -1.03. The molecule has 0 radical (unpaired) electrons. The molecule has 0 saturated heterocycles. The molecule has 0 fully saturated rings. The molecule has 0 aliphatic rings. The van der Waals surface area contributed by atoms with E-state index < -0.39 is 17.0 Å². The molecule has 0 saturated carbocycles. The number of aliphatic hydroxyl groups is 1. The summed E-state index contributed by atoms with van der Waals surface area (Å²) in [5, 5.41) is 28.2. The number of thioether (sulfide) groups is 1. The Hall–Kier alpha value is -1.60. The minimum Gasteiger partial charge on any atom is -0.481 e. The first-order chi connectivity index (χ1) is 8.49. The Labute approximate surface area is 108 Å². The molecular formula is C11H13NO5S. The molecule has 7 heteroatoms.